The summed E-state index contributed by atoms with van der Waals surface area (Å²) in [5, 5.41) is 0.303. The standard InChI is InChI=1S/C20H18BrClF2N2O5S/c1-10-5-16(22)15(21)7-18(10)32(29,30)25-20(28)26-8-13(14(9-26)19(27)31-2)12-4-3-11(23)6-17(12)24/h3-7,13-14H,8-9H2,1-2H3,(H,25,28)/t13-,14+/m0/s1. The quantitative estimate of drug-likeness (QED) is 0.581. The number of urea groups is 1. The maximum atomic E-state index is 14.4. The fourth-order valence-corrected chi connectivity index (χ4v) is 5.57. The van der Waals surface area contributed by atoms with E-state index < -0.39 is 45.5 Å². The molecule has 0 aromatic heterocycles. The average Bonchev–Trinajstić information content (AvgIpc) is 3.15. The van der Waals surface area contributed by atoms with E-state index in [1.807, 2.05) is 4.72 Å². The van der Waals surface area contributed by atoms with E-state index in [1.165, 1.54) is 25.1 Å². The molecule has 12 heteroatoms. The van der Waals surface area contributed by atoms with Crippen LogP contribution >= 0.6 is 27.5 Å². The molecule has 0 spiro atoms. The van der Waals surface area contributed by atoms with Gasteiger partial charge in [-0.3, -0.25) is 4.79 Å². The Bertz CT molecular complexity index is 1190. The Hall–Kier alpha value is -2.24. The van der Waals surface area contributed by atoms with Crippen LogP contribution in [0.3, 0.4) is 0 Å². The fourth-order valence-electron chi connectivity index (χ4n) is 3.63. The third-order valence-corrected chi connectivity index (χ3v) is 7.86. The fraction of sp³-hybridized carbons (Fsp3) is 0.300. The Morgan fingerprint density at radius 2 is 1.91 bits per heavy atom. The summed E-state index contributed by atoms with van der Waals surface area (Å²) in [5.41, 5.74) is 0.344. The molecule has 2 amide bonds. The second kappa shape index (κ2) is 9.32. The predicted molar refractivity (Wildman–Crippen MR) is 116 cm³/mol. The van der Waals surface area contributed by atoms with Gasteiger partial charge < -0.3 is 9.64 Å². The van der Waals surface area contributed by atoms with Gasteiger partial charge in [-0.05, 0) is 52.2 Å². The molecule has 0 bridgehead atoms. The van der Waals surface area contributed by atoms with Crippen molar-refractivity contribution in [2.45, 2.75) is 17.7 Å². The largest absolute Gasteiger partial charge is 0.469 e. The third-order valence-electron chi connectivity index (χ3n) is 5.20. The average molecular weight is 552 g/mol. The summed E-state index contributed by atoms with van der Waals surface area (Å²) in [6.07, 6.45) is 0. The lowest BCUT2D eigenvalue weighted by molar-refractivity contribution is -0.145. The van der Waals surface area contributed by atoms with E-state index in [9.17, 15) is 26.8 Å². The molecule has 1 saturated heterocycles. The number of nitrogens with zero attached hydrogens (tertiary/aromatic N) is 1. The number of ether oxygens (including phenoxy) is 1. The van der Waals surface area contributed by atoms with Crippen LogP contribution in [-0.2, 0) is 19.6 Å². The first-order valence-electron chi connectivity index (χ1n) is 9.24. The van der Waals surface area contributed by atoms with Crippen molar-refractivity contribution in [3.8, 4) is 0 Å². The third kappa shape index (κ3) is 4.89. The SMILES string of the molecule is COC(=O)[C@@H]1CN(C(=O)NS(=O)(=O)c2cc(Br)c(Cl)cc2C)C[C@H]1c1ccc(F)cc1F. The molecular weight excluding hydrogens is 534 g/mol. The van der Waals surface area contributed by atoms with Crippen molar-refractivity contribution < 1.29 is 31.5 Å². The highest BCUT2D eigenvalue weighted by atomic mass is 79.9. The van der Waals surface area contributed by atoms with Crippen molar-refractivity contribution >= 4 is 49.6 Å². The molecular formula is C20H18BrClF2N2O5S. The first kappa shape index (κ1) is 24.4. The summed E-state index contributed by atoms with van der Waals surface area (Å²) in [7, 11) is -3.13. The predicted octanol–water partition coefficient (Wildman–Crippen LogP) is 3.98. The maximum Gasteiger partial charge on any atom is 0.331 e. The zero-order chi connectivity index (χ0) is 23.8. The van der Waals surface area contributed by atoms with Gasteiger partial charge in [0.1, 0.15) is 11.6 Å². The number of benzene rings is 2. The zero-order valence-corrected chi connectivity index (χ0v) is 20.0. The number of sulfonamides is 1. The molecule has 1 aliphatic heterocycles. The van der Waals surface area contributed by atoms with Crippen molar-refractivity contribution in [3.05, 3.63) is 62.6 Å². The number of carbonyl (C=O) groups is 2. The number of carbonyl (C=O) groups excluding carboxylic acids is 2. The number of likely N-dealkylation sites (tertiary alicyclic amines) is 1. The summed E-state index contributed by atoms with van der Waals surface area (Å²) < 4.78 is 60.3. The molecule has 172 valence electrons. The lowest BCUT2D eigenvalue weighted by Gasteiger charge is -2.18. The zero-order valence-electron chi connectivity index (χ0n) is 16.9. The van der Waals surface area contributed by atoms with Crippen LogP contribution in [0, 0.1) is 24.5 Å². The smallest absolute Gasteiger partial charge is 0.331 e. The summed E-state index contributed by atoms with van der Waals surface area (Å²) in [4.78, 5) is 25.9. The van der Waals surface area contributed by atoms with Crippen LogP contribution < -0.4 is 4.72 Å². The van der Waals surface area contributed by atoms with Gasteiger partial charge in [-0.2, -0.15) is 0 Å². The lowest BCUT2D eigenvalue weighted by atomic mass is 9.88. The Morgan fingerprint density at radius 3 is 2.53 bits per heavy atom. The molecule has 0 saturated carbocycles. The number of halogens is 4. The number of hydrogen-bond acceptors (Lipinski definition) is 5. The van der Waals surface area contributed by atoms with Crippen LogP contribution in [0.4, 0.5) is 13.6 Å². The van der Waals surface area contributed by atoms with Crippen LogP contribution in [0.15, 0.2) is 39.7 Å². The summed E-state index contributed by atoms with van der Waals surface area (Å²) in [6.45, 7) is 1.14. The molecule has 1 aliphatic rings. The van der Waals surface area contributed by atoms with Gasteiger partial charge in [0, 0.05) is 29.5 Å². The molecule has 3 rings (SSSR count). The van der Waals surface area contributed by atoms with Gasteiger partial charge in [-0.25, -0.2) is 26.7 Å². The van der Waals surface area contributed by atoms with Crippen molar-refractivity contribution in [1.82, 2.24) is 9.62 Å². The van der Waals surface area contributed by atoms with Gasteiger partial charge in [0.25, 0.3) is 10.0 Å². The maximum absolute atomic E-state index is 14.4. The Labute approximate surface area is 196 Å². The molecule has 2 atom stereocenters. The second-order valence-electron chi connectivity index (χ2n) is 7.25. The van der Waals surface area contributed by atoms with Crippen LogP contribution in [0.1, 0.15) is 17.0 Å². The normalized spacial score (nSPS) is 18.5. The molecule has 1 N–H and O–H groups in total. The van der Waals surface area contributed by atoms with Gasteiger partial charge in [0.2, 0.25) is 0 Å². The minimum absolute atomic E-state index is 0.0254. The van der Waals surface area contributed by atoms with Gasteiger partial charge in [0.15, 0.2) is 0 Å². The van der Waals surface area contributed by atoms with Gasteiger partial charge in [0.05, 0.1) is 22.9 Å². The highest BCUT2D eigenvalue weighted by Crippen LogP contribution is 2.35. The molecule has 0 unspecified atom stereocenters. The van der Waals surface area contributed by atoms with Crippen LogP contribution in [0.5, 0.6) is 0 Å². The van der Waals surface area contributed by atoms with Crippen LogP contribution in [0.2, 0.25) is 5.02 Å². The first-order valence-corrected chi connectivity index (χ1v) is 11.9. The number of aryl methyl sites for hydroxylation is 1. The minimum Gasteiger partial charge on any atom is -0.469 e. The summed E-state index contributed by atoms with van der Waals surface area (Å²) in [6, 6.07) is 4.62. The van der Waals surface area contributed by atoms with Crippen LogP contribution in [0.25, 0.3) is 0 Å². The van der Waals surface area contributed by atoms with E-state index in [1.54, 1.807) is 0 Å². The Balaban J connectivity index is 1.87. The monoisotopic (exact) mass is 550 g/mol. The highest BCUT2D eigenvalue weighted by Gasteiger charge is 2.43. The molecule has 7 nitrogen and oxygen atoms in total. The van der Waals surface area contributed by atoms with Crippen molar-refractivity contribution in [3.63, 3.8) is 0 Å². The van der Waals surface area contributed by atoms with E-state index >= 15 is 0 Å². The highest BCUT2D eigenvalue weighted by molar-refractivity contribution is 9.10. The number of methoxy groups -OCH3 is 1. The number of hydrogen-bond donors (Lipinski definition) is 1. The second-order valence-corrected chi connectivity index (χ2v) is 10.2. The topological polar surface area (TPSA) is 92.8 Å². The number of rotatable bonds is 4. The number of esters is 1. The minimum atomic E-state index is -4.28. The van der Waals surface area contributed by atoms with Crippen molar-refractivity contribution in [2.75, 3.05) is 20.2 Å². The van der Waals surface area contributed by atoms with E-state index in [2.05, 4.69) is 15.9 Å². The molecule has 1 heterocycles. The first-order chi connectivity index (χ1) is 14.9. The molecule has 0 radical (unpaired) electrons. The van der Waals surface area contributed by atoms with E-state index in [4.69, 9.17) is 16.3 Å². The molecule has 0 aliphatic carbocycles. The summed E-state index contributed by atoms with van der Waals surface area (Å²) in [5.74, 6) is -4.17. The lowest BCUT2D eigenvalue weighted by Crippen LogP contribution is -2.42. The Kier molecular flexibility index (Phi) is 7.11. The van der Waals surface area contributed by atoms with E-state index in [-0.39, 0.29) is 23.5 Å². The number of amides is 2. The molecule has 2 aromatic carbocycles. The van der Waals surface area contributed by atoms with Crippen molar-refractivity contribution in [2.24, 2.45) is 5.92 Å². The van der Waals surface area contributed by atoms with E-state index in [0.29, 0.717) is 21.1 Å². The molecule has 32 heavy (non-hydrogen) atoms. The molecule has 1 fully saturated rings. The Morgan fingerprint density at radius 1 is 1.22 bits per heavy atom. The molecule has 2 aromatic rings. The number of nitrogens with one attached hydrogen (secondary N) is 1. The van der Waals surface area contributed by atoms with Gasteiger partial charge in [-0.1, -0.05) is 17.7 Å². The van der Waals surface area contributed by atoms with Crippen molar-refractivity contribution in [1.29, 1.82) is 0 Å². The van der Waals surface area contributed by atoms with E-state index in [0.717, 1.165) is 18.1 Å². The van der Waals surface area contributed by atoms with Gasteiger partial charge in [-0.15, -0.1) is 0 Å². The van der Waals surface area contributed by atoms with Crippen LogP contribution in [-0.4, -0.2) is 45.5 Å². The van der Waals surface area contributed by atoms with Gasteiger partial charge >= 0.3 is 12.0 Å². The summed E-state index contributed by atoms with van der Waals surface area (Å²) >= 11 is 9.12.